The predicted molar refractivity (Wildman–Crippen MR) is 62.3 cm³/mol. The first-order chi connectivity index (χ1) is 7.36. The van der Waals surface area contributed by atoms with Crippen molar-refractivity contribution < 1.29 is 27.4 Å². The molecular weight excluding hydrogens is 263 g/mol. The molecule has 5 heteroatoms. The van der Waals surface area contributed by atoms with Gasteiger partial charge in [0.05, 0.1) is 17.6 Å². The van der Waals surface area contributed by atoms with Gasteiger partial charge in [0.1, 0.15) is 0 Å². The number of hydrogen-bond acceptors (Lipinski definition) is 3. The van der Waals surface area contributed by atoms with Gasteiger partial charge < -0.3 is 10.6 Å². The molecular formula is C12H12CoN2O2. The van der Waals surface area contributed by atoms with Gasteiger partial charge in [-0.05, 0) is 18.2 Å². The fourth-order valence-electron chi connectivity index (χ4n) is 1.15. The maximum atomic E-state index is 11.3. The molecule has 1 aromatic heterocycles. The van der Waals surface area contributed by atoms with Crippen molar-refractivity contribution >= 4 is 11.9 Å². The first-order valence-electron chi connectivity index (χ1n) is 4.57. The summed E-state index contributed by atoms with van der Waals surface area (Å²) < 4.78 is 0. The van der Waals surface area contributed by atoms with Crippen LogP contribution in [-0.4, -0.2) is 11.2 Å². The van der Waals surface area contributed by atoms with Crippen LogP contribution in [0.5, 0.6) is 5.75 Å². The molecule has 0 fully saturated rings. The first kappa shape index (κ1) is 15.3. The minimum Gasteiger partial charge on any atom is -0.871 e. The van der Waals surface area contributed by atoms with E-state index >= 15 is 0 Å². The fraction of sp³-hybridized carbons (Fsp3) is 0. The summed E-state index contributed by atoms with van der Waals surface area (Å²) in [5, 5.41) is 11.3. The molecule has 2 rings (SSSR count). The summed E-state index contributed by atoms with van der Waals surface area (Å²) in [6.07, 6.45) is 3.06. The molecule has 1 heterocycles. The molecule has 0 aliphatic rings. The molecule has 0 bridgehead atoms. The Morgan fingerprint density at radius 2 is 1.76 bits per heavy atom. The van der Waals surface area contributed by atoms with Crippen molar-refractivity contribution in [1.82, 2.24) is 4.98 Å². The Bertz CT molecular complexity index is 475. The summed E-state index contributed by atoms with van der Waals surface area (Å²) in [5.74, 6) is -0.114. The van der Waals surface area contributed by atoms with Crippen molar-refractivity contribution in [1.29, 1.82) is 0 Å². The van der Waals surface area contributed by atoms with E-state index in [0.717, 1.165) is 5.69 Å². The quantitative estimate of drug-likeness (QED) is 0.604. The smallest absolute Gasteiger partial charge is 0.0734 e. The summed E-state index contributed by atoms with van der Waals surface area (Å²) in [5.41, 5.74) is 1.17. The predicted octanol–water partition coefficient (Wildman–Crippen LogP) is 0.981. The number of para-hydroxylation sites is 1. The van der Waals surface area contributed by atoms with E-state index in [4.69, 9.17) is 0 Å². The van der Waals surface area contributed by atoms with E-state index in [-0.39, 0.29) is 28.0 Å². The third-order valence-electron chi connectivity index (χ3n) is 1.89. The molecule has 0 spiro atoms. The van der Waals surface area contributed by atoms with Crippen LogP contribution in [0.2, 0.25) is 0 Å². The molecule has 0 aliphatic heterocycles. The number of aliphatic imine (C=N–C) groups is 1. The monoisotopic (exact) mass is 275 g/mol. The number of pyridine rings is 1. The molecule has 4 nitrogen and oxygen atoms in total. The van der Waals surface area contributed by atoms with Crippen molar-refractivity contribution in [2.75, 3.05) is 0 Å². The van der Waals surface area contributed by atoms with Gasteiger partial charge in [0.25, 0.3) is 0 Å². The maximum Gasteiger partial charge on any atom is 0.0734 e. The van der Waals surface area contributed by atoms with Crippen molar-refractivity contribution in [3.8, 4) is 5.75 Å². The van der Waals surface area contributed by atoms with Crippen LogP contribution in [0.1, 0.15) is 5.69 Å². The Balaban J connectivity index is 0.00000128. The minimum absolute atomic E-state index is 0. The van der Waals surface area contributed by atoms with Gasteiger partial charge in [-0.15, -0.1) is 0 Å². The summed E-state index contributed by atoms with van der Waals surface area (Å²) in [6, 6.07) is 12.5. The third kappa shape index (κ3) is 4.35. The Labute approximate surface area is 110 Å². The Morgan fingerprint density at radius 1 is 1.06 bits per heavy atom. The topological polar surface area (TPSA) is 81.3 Å². The van der Waals surface area contributed by atoms with E-state index in [9.17, 15) is 5.11 Å². The summed E-state index contributed by atoms with van der Waals surface area (Å²) in [6.45, 7) is 0. The molecule has 0 amide bonds. The minimum atomic E-state index is -0.114. The third-order valence-corrected chi connectivity index (χ3v) is 1.89. The van der Waals surface area contributed by atoms with E-state index in [1.807, 2.05) is 30.3 Å². The largest absolute Gasteiger partial charge is 0.871 e. The number of hydrogen-bond donors (Lipinski definition) is 0. The van der Waals surface area contributed by atoms with Gasteiger partial charge in [0.15, 0.2) is 0 Å². The Morgan fingerprint density at radius 3 is 2.41 bits per heavy atom. The van der Waals surface area contributed by atoms with Crippen LogP contribution in [-0.2, 0) is 22.3 Å². The number of benzene rings is 1. The molecule has 2 aromatic rings. The molecule has 17 heavy (non-hydrogen) atoms. The standard InChI is InChI=1S/C12H10N2O.Co.H2O/c15-12-7-4-8-13-11(12)9-14-10-5-2-1-3-6-10;;/h1-9,15H;;1H2. The van der Waals surface area contributed by atoms with Gasteiger partial charge in [-0.2, -0.15) is 0 Å². The molecule has 0 atom stereocenters. The van der Waals surface area contributed by atoms with Gasteiger partial charge >= 0.3 is 0 Å². The molecule has 0 saturated heterocycles. The van der Waals surface area contributed by atoms with Gasteiger partial charge in [0.2, 0.25) is 0 Å². The molecule has 1 radical (unpaired) electrons. The normalized spacial score (nSPS) is 9.41. The first-order valence-corrected chi connectivity index (χ1v) is 4.57. The molecule has 3 N–H and O–H groups in total. The van der Waals surface area contributed by atoms with E-state index in [0.29, 0.717) is 5.69 Å². The van der Waals surface area contributed by atoms with Crippen LogP contribution in [0.3, 0.4) is 0 Å². The second-order valence-electron chi connectivity index (χ2n) is 2.98. The number of nitrogens with zero attached hydrogens (tertiary/aromatic N) is 2. The zero-order valence-electron chi connectivity index (χ0n) is 8.91. The van der Waals surface area contributed by atoms with E-state index in [1.54, 1.807) is 12.3 Å². The number of aromatic nitrogens is 1. The molecule has 1 aromatic carbocycles. The van der Waals surface area contributed by atoms with E-state index in [1.165, 1.54) is 12.3 Å². The summed E-state index contributed by atoms with van der Waals surface area (Å²) >= 11 is 0. The SMILES string of the molecule is [Co].[O-]c1cccnc1C=Nc1ccccc1.[OH3+]. The molecule has 0 unspecified atom stereocenters. The van der Waals surface area contributed by atoms with E-state index < -0.39 is 0 Å². The van der Waals surface area contributed by atoms with Gasteiger partial charge in [-0.3, -0.25) is 9.98 Å². The zero-order chi connectivity index (χ0) is 10.5. The van der Waals surface area contributed by atoms with Crippen molar-refractivity contribution in [3.63, 3.8) is 0 Å². The molecule has 91 valence electrons. The van der Waals surface area contributed by atoms with Gasteiger partial charge in [0, 0.05) is 23.0 Å². The fourth-order valence-corrected chi connectivity index (χ4v) is 1.15. The van der Waals surface area contributed by atoms with Gasteiger partial charge in [-0.25, -0.2) is 0 Å². The van der Waals surface area contributed by atoms with Crippen molar-refractivity contribution in [2.24, 2.45) is 4.99 Å². The van der Waals surface area contributed by atoms with Crippen LogP contribution in [0.4, 0.5) is 5.69 Å². The van der Waals surface area contributed by atoms with Crippen LogP contribution in [0.25, 0.3) is 0 Å². The number of rotatable bonds is 2. The van der Waals surface area contributed by atoms with Gasteiger partial charge in [-0.1, -0.05) is 30.0 Å². The van der Waals surface area contributed by atoms with Crippen molar-refractivity contribution in [3.05, 3.63) is 54.4 Å². The Kier molecular flexibility index (Phi) is 6.81. The Hall–Kier alpha value is -1.69. The summed E-state index contributed by atoms with van der Waals surface area (Å²) in [7, 11) is 0. The van der Waals surface area contributed by atoms with E-state index in [2.05, 4.69) is 9.98 Å². The average molecular weight is 275 g/mol. The zero-order valence-corrected chi connectivity index (χ0v) is 9.95. The molecule has 0 saturated carbocycles. The van der Waals surface area contributed by atoms with Crippen LogP contribution in [0, 0.1) is 0 Å². The average Bonchev–Trinajstić information content (AvgIpc) is 2.29. The second kappa shape index (κ2) is 7.56. The van der Waals surface area contributed by atoms with Crippen LogP contribution in [0.15, 0.2) is 53.7 Å². The van der Waals surface area contributed by atoms with Crippen LogP contribution < -0.4 is 5.11 Å². The van der Waals surface area contributed by atoms with Crippen LogP contribution >= 0.6 is 0 Å². The summed E-state index contributed by atoms with van der Waals surface area (Å²) in [4.78, 5) is 8.08. The van der Waals surface area contributed by atoms with Crippen molar-refractivity contribution in [2.45, 2.75) is 0 Å². The molecule has 0 aliphatic carbocycles. The second-order valence-corrected chi connectivity index (χ2v) is 2.98. The maximum absolute atomic E-state index is 11.3.